The van der Waals surface area contributed by atoms with Crippen LogP contribution in [0.5, 0.6) is 5.75 Å². The van der Waals surface area contributed by atoms with E-state index in [1.165, 1.54) is 11.1 Å². The van der Waals surface area contributed by atoms with Crippen molar-refractivity contribution < 1.29 is 9.53 Å². The van der Waals surface area contributed by atoms with Crippen molar-refractivity contribution in [3.63, 3.8) is 0 Å². The molecule has 19 heavy (non-hydrogen) atoms. The fourth-order valence-electron chi connectivity index (χ4n) is 3.09. The molecule has 0 bridgehead atoms. The summed E-state index contributed by atoms with van der Waals surface area (Å²) in [5, 5.41) is 0. The second-order valence-corrected chi connectivity index (χ2v) is 5.63. The van der Waals surface area contributed by atoms with Gasteiger partial charge in [-0.3, -0.25) is 0 Å². The first-order valence-electron chi connectivity index (χ1n) is 7.27. The molecule has 1 fully saturated rings. The molecule has 102 valence electrons. The van der Waals surface area contributed by atoms with E-state index in [1.54, 1.807) is 0 Å². The molecule has 1 aromatic carbocycles. The third kappa shape index (κ3) is 2.98. The summed E-state index contributed by atoms with van der Waals surface area (Å²) in [6, 6.07) is 6.55. The van der Waals surface area contributed by atoms with Gasteiger partial charge < -0.3 is 14.4 Å². The Bertz CT molecular complexity index is 458. The zero-order valence-corrected chi connectivity index (χ0v) is 11.3. The largest absolute Gasteiger partial charge is 0.493 e. The number of aldehydes is 1. The number of fused-ring (bicyclic) bond motifs is 1. The highest BCUT2D eigenvalue weighted by Crippen LogP contribution is 2.26. The summed E-state index contributed by atoms with van der Waals surface area (Å²) in [6.07, 6.45) is 5.45. The number of nitrogens with zero attached hydrogens (tertiary/aromatic N) is 1. The van der Waals surface area contributed by atoms with Gasteiger partial charge in [0, 0.05) is 25.4 Å². The molecule has 0 amide bonds. The number of likely N-dealkylation sites (tertiary alicyclic amines) is 1. The highest BCUT2D eigenvalue weighted by atomic mass is 16.5. The second kappa shape index (κ2) is 5.74. The fraction of sp³-hybridized carbons (Fsp3) is 0.562. The molecule has 3 nitrogen and oxygen atoms in total. The number of piperidine rings is 1. The number of hydrogen-bond donors (Lipinski definition) is 0. The van der Waals surface area contributed by atoms with Crippen LogP contribution in [0.1, 0.15) is 24.0 Å². The summed E-state index contributed by atoms with van der Waals surface area (Å²) in [5.41, 5.74) is 2.74. The third-order valence-corrected chi connectivity index (χ3v) is 4.20. The van der Waals surface area contributed by atoms with Crippen molar-refractivity contribution in [1.29, 1.82) is 0 Å². The Kier molecular flexibility index (Phi) is 3.83. The maximum atomic E-state index is 10.9. The van der Waals surface area contributed by atoms with Crippen LogP contribution in [0.4, 0.5) is 0 Å². The van der Waals surface area contributed by atoms with Gasteiger partial charge in [0.15, 0.2) is 0 Å². The Hall–Kier alpha value is -1.35. The Morgan fingerprint density at radius 1 is 1.42 bits per heavy atom. The van der Waals surface area contributed by atoms with Crippen LogP contribution in [0.3, 0.4) is 0 Å². The summed E-state index contributed by atoms with van der Waals surface area (Å²) in [5.74, 6) is 1.31. The van der Waals surface area contributed by atoms with E-state index in [-0.39, 0.29) is 5.92 Å². The van der Waals surface area contributed by atoms with E-state index in [9.17, 15) is 4.79 Å². The van der Waals surface area contributed by atoms with Crippen molar-refractivity contribution in [3.05, 3.63) is 29.3 Å². The van der Waals surface area contributed by atoms with Crippen LogP contribution >= 0.6 is 0 Å². The first-order chi connectivity index (χ1) is 9.35. The van der Waals surface area contributed by atoms with Gasteiger partial charge >= 0.3 is 0 Å². The number of rotatable bonds is 4. The van der Waals surface area contributed by atoms with E-state index >= 15 is 0 Å². The first-order valence-corrected chi connectivity index (χ1v) is 7.27. The average molecular weight is 259 g/mol. The van der Waals surface area contributed by atoms with E-state index in [0.29, 0.717) is 0 Å². The second-order valence-electron chi connectivity index (χ2n) is 5.63. The van der Waals surface area contributed by atoms with Gasteiger partial charge in [-0.2, -0.15) is 0 Å². The van der Waals surface area contributed by atoms with Gasteiger partial charge in [-0.1, -0.05) is 12.1 Å². The summed E-state index contributed by atoms with van der Waals surface area (Å²) >= 11 is 0. The molecule has 2 aliphatic heterocycles. The fourth-order valence-corrected chi connectivity index (χ4v) is 3.09. The summed E-state index contributed by atoms with van der Waals surface area (Å²) in [7, 11) is 0. The minimum atomic E-state index is 0.252. The van der Waals surface area contributed by atoms with Crippen molar-refractivity contribution in [2.75, 3.05) is 26.2 Å². The van der Waals surface area contributed by atoms with Crippen molar-refractivity contribution in [2.45, 2.75) is 25.7 Å². The Morgan fingerprint density at radius 3 is 3.26 bits per heavy atom. The number of hydrogen-bond acceptors (Lipinski definition) is 3. The minimum Gasteiger partial charge on any atom is -0.493 e. The van der Waals surface area contributed by atoms with Crippen molar-refractivity contribution in [3.8, 4) is 5.75 Å². The SMILES string of the molecule is O=CC1CCCN(CCc2ccc3c(c2)CCO3)C1. The van der Waals surface area contributed by atoms with Crippen LogP contribution in [0.2, 0.25) is 0 Å². The number of carbonyl (C=O) groups excluding carboxylic acids is 1. The van der Waals surface area contributed by atoms with Crippen LogP contribution < -0.4 is 4.74 Å². The van der Waals surface area contributed by atoms with Crippen LogP contribution in [-0.2, 0) is 17.6 Å². The molecule has 0 saturated carbocycles. The lowest BCUT2D eigenvalue weighted by Crippen LogP contribution is -2.37. The zero-order valence-electron chi connectivity index (χ0n) is 11.3. The number of ether oxygens (including phenoxy) is 1. The smallest absolute Gasteiger partial charge is 0.124 e. The minimum absolute atomic E-state index is 0.252. The van der Waals surface area contributed by atoms with Crippen LogP contribution in [0.15, 0.2) is 18.2 Å². The van der Waals surface area contributed by atoms with E-state index in [4.69, 9.17) is 4.74 Å². The molecule has 1 saturated heterocycles. The Balaban J connectivity index is 1.55. The quantitative estimate of drug-likeness (QED) is 0.775. The van der Waals surface area contributed by atoms with E-state index in [0.717, 1.165) is 64.0 Å². The molecular weight excluding hydrogens is 238 g/mol. The Morgan fingerprint density at radius 2 is 2.37 bits per heavy atom. The van der Waals surface area contributed by atoms with E-state index in [2.05, 4.69) is 23.1 Å². The summed E-state index contributed by atoms with van der Waals surface area (Å²) in [4.78, 5) is 13.3. The topological polar surface area (TPSA) is 29.5 Å². The van der Waals surface area contributed by atoms with Crippen LogP contribution in [0.25, 0.3) is 0 Å². The van der Waals surface area contributed by atoms with Gasteiger partial charge in [0.05, 0.1) is 6.61 Å². The molecule has 0 radical (unpaired) electrons. The maximum absolute atomic E-state index is 10.9. The molecule has 0 aromatic heterocycles. The van der Waals surface area contributed by atoms with Crippen LogP contribution in [0, 0.1) is 5.92 Å². The number of carbonyl (C=O) groups is 1. The van der Waals surface area contributed by atoms with Gasteiger partial charge in [-0.15, -0.1) is 0 Å². The molecule has 0 aliphatic carbocycles. The molecule has 0 N–H and O–H groups in total. The van der Waals surface area contributed by atoms with Crippen molar-refractivity contribution >= 4 is 6.29 Å². The maximum Gasteiger partial charge on any atom is 0.124 e. The van der Waals surface area contributed by atoms with Gasteiger partial charge in [-0.25, -0.2) is 0 Å². The average Bonchev–Trinajstić information content (AvgIpc) is 2.93. The lowest BCUT2D eigenvalue weighted by atomic mass is 9.99. The normalized spacial score (nSPS) is 22.8. The first kappa shape index (κ1) is 12.7. The van der Waals surface area contributed by atoms with Crippen molar-refractivity contribution in [2.24, 2.45) is 5.92 Å². The van der Waals surface area contributed by atoms with E-state index in [1.807, 2.05) is 0 Å². The highest BCUT2D eigenvalue weighted by Gasteiger charge is 2.19. The lowest BCUT2D eigenvalue weighted by Gasteiger charge is -2.30. The Labute approximate surface area is 114 Å². The van der Waals surface area contributed by atoms with Gasteiger partial charge in [0.2, 0.25) is 0 Å². The molecule has 0 spiro atoms. The van der Waals surface area contributed by atoms with Gasteiger partial charge in [0.25, 0.3) is 0 Å². The third-order valence-electron chi connectivity index (χ3n) is 4.20. The molecule has 2 aliphatic rings. The monoisotopic (exact) mass is 259 g/mol. The predicted molar refractivity (Wildman–Crippen MR) is 74.6 cm³/mol. The lowest BCUT2D eigenvalue weighted by molar-refractivity contribution is -0.112. The zero-order chi connectivity index (χ0) is 13.1. The molecule has 2 heterocycles. The van der Waals surface area contributed by atoms with Crippen LogP contribution in [-0.4, -0.2) is 37.4 Å². The highest BCUT2D eigenvalue weighted by molar-refractivity contribution is 5.53. The molecular formula is C16H21NO2. The molecule has 1 atom stereocenters. The van der Waals surface area contributed by atoms with Crippen molar-refractivity contribution in [1.82, 2.24) is 4.90 Å². The van der Waals surface area contributed by atoms with Gasteiger partial charge in [-0.05, 0) is 43.0 Å². The number of benzene rings is 1. The standard InChI is InChI=1S/C16H21NO2/c18-12-14-2-1-7-17(11-14)8-5-13-3-4-16-15(10-13)6-9-19-16/h3-4,10,12,14H,1-2,5-9,11H2. The summed E-state index contributed by atoms with van der Waals surface area (Å²) < 4.78 is 5.53. The molecule has 1 aromatic rings. The molecule has 3 rings (SSSR count). The predicted octanol–water partition coefficient (Wildman–Crippen LogP) is 2.07. The molecule has 1 unspecified atom stereocenters. The summed E-state index contributed by atoms with van der Waals surface area (Å²) in [6.45, 7) is 3.96. The van der Waals surface area contributed by atoms with Gasteiger partial charge in [0.1, 0.15) is 12.0 Å². The molecule has 3 heteroatoms. The van der Waals surface area contributed by atoms with E-state index < -0.39 is 0 Å².